The molecule has 0 radical (unpaired) electrons. The van der Waals surface area contributed by atoms with Crippen molar-refractivity contribution >= 4 is 62.7 Å². The quantitative estimate of drug-likeness (QED) is 0.0468. The first-order chi connectivity index (χ1) is 22.2. The molecule has 0 fully saturated rings. The van der Waals surface area contributed by atoms with E-state index in [1.165, 1.54) is 95.2 Å². The van der Waals surface area contributed by atoms with Crippen LogP contribution in [0.25, 0.3) is 32.3 Å². The molecule has 0 aliphatic rings. The second-order valence-corrected chi connectivity index (χ2v) is 16.4. The summed E-state index contributed by atoms with van der Waals surface area (Å²) < 4.78 is 116. The van der Waals surface area contributed by atoms with Gasteiger partial charge in [-0.15, -0.1) is 0 Å². The molecule has 0 saturated heterocycles. The monoisotopic (exact) mass is 707 g/mol. The highest BCUT2D eigenvalue weighted by molar-refractivity contribution is 7.87. The zero-order valence-corrected chi connectivity index (χ0v) is 29.2. The molecule has 0 unspecified atom stereocenters. The molecule has 0 aliphatic carbocycles. The van der Waals surface area contributed by atoms with Crippen molar-refractivity contribution < 1.29 is 43.6 Å². The smallest absolute Gasteiger partial charge is 0.128 e. The maximum absolute atomic E-state index is 12.3. The van der Waals surface area contributed by atoms with Gasteiger partial charge in [-0.2, -0.15) is 0 Å². The summed E-state index contributed by atoms with van der Waals surface area (Å²) in [6.07, 6.45) is 19.2. The maximum Gasteiger partial charge on any atom is 0.128 e. The summed E-state index contributed by atoms with van der Waals surface area (Å²) in [5.74, 6) is 0.0317. The lowest BCUT2D eigenvalue weighted by atomic mass is 9.93. The average Bonchev–Trinajstić information content (AvgIpc) is 2.99. The second-order valence-electron chi connectivity index (χ2n) is 12.3. The lowest BCUT2D eigenvalue weighted by Gasteiger charge is -2.22. The van der Waals surface area contributed by atoms with E-state index in [0.29, 0.717) is 12.5 Å². The van der Waals surface area contributed by atoms with Crippen LogP contribution in [0.4, 0.5) is 0 Å². The molecule has 0 bridgehead atoms. The molecule has 13 heteroatoms. The highest BCUT2D eigenvalue weighted by atomic mass is 32.2. The van der Waals surface area contributed by atoms with Gasteiger partial charge < -0.3 is 18.4 Å². The van der Waals surface area contributed by atoms with Crippen molar-refractivity contribution in [3.8, 4) is 5.75 Å². The van der Waals surface area contributed by atoms with E-state index in [1.807, 2.05) is 0 Å². The van der Waals surface area contributed by atoms with Crippen molar-refractivity contribution in [1.29, 1.82) is 0 Å². The van der Waals surface area contributed by atoms with Crippen LogP contribution in [0.3, 0.4) is 0 Å². The molecule has 0 amide bonds. The van der Waals surface area contributed by atoms with E-state index in [1.54, 1.807) is 0 Å². The first kappa shape index (κ1) is 37.3. The molecule has 0 saturated carbocycles. The van der Waals surface area contributed by atoms with Crippen molar-refractivity contribution in [2.24, 2.45) is 0 Å². The Bertz CT molecular complexity index is 1930. The van der Waals surface area contributed by atoms with Crippen LogP contribution < -0.4 is 4.74 Å². The lowest BCUT2D eigenvalue weighted by molar-refractivity contribution is 0.307. The summed E-state index contributed by atoms with van der Waals surface area (Å²) in [5.41, 5.74) is 0. The standard InChI is InChI=1S/C34H46O10S3/c1-2-3-4-5-6-7-8-9-10-11-12-13-14-15-16-17-22-44-29-23-30(45(35,36)37)26-20-21-28-32(47(41,42)43)24-31(46(38,39)40)27-19-18-25(29)33(26)34(27)28/h18-21,23-24H,2-17,22H2,1H3,(H,35,36,37)(H,38,39,40)(H,41,42,43)/p-3. The van der Waals surface area contributed by atoms with E-state index in [2.05, 4.69) is 6.92 Å². The van der Waals surface area contributed by atoms with E-state index in [9.17, 15) is 38.9 Å². The number of benzene rings is 4. The summed E-state index contributed by atoms with van der Waals surface area (Å²) in [6.45, 7) is 2.45. The van der Waals surface area contributed by atoms with E-state index < -0.39 is 45.0 Å². The van der Waals surface area contributed by atoms with Gasteiger partial charge in [0.15, 0.2) is 0 Å². The largest absolute Gasteiger partial charge is 0.744 e. The van der Waals surface area contributed by atoms with Gasteiger partial charge in [-0.05, 0) is 24.6 Å². The van der Waals surface area contributed by atoms with Crippen LogP contribution in [0.1, 0.15) is 110 Å². The zero-order chi connectivity index (χ0) is 34.2. The molecule has 4 aromatic rings. The van der Waals surface area contributed by atoms with Crippen LogP contribution in [0.15, 0.2) is 51.1 Å². The van der Waals surface area contributed by atoms with Gasteiger partial charge in [0, 0.05) is 32.3 Å². The van der Waals surface area contributed by atoms with Gasteiger partial charge in [0.05, 0.1) is 21.3 Å². The Morgan fingerprint density at radius 2 is 0.787 bits per heavy atom. The number of hydrogen-bond acceptors (Lipinski definition) is 10. The van der Waals surface area contributed by atoms with Crippen molar-refractivity contribution in [3.63, 3.8) is 0 Å². The third-order valence-corrected chi connectivity index (χ3v) is 11.4. The topological polar surface area (TPSA) is 181 Å². The number of unbranched alkanes of at least 4 members (excludes halogenated alkanes) is 15. The Morgan fingerprint density at radius 1 is 0.468 bits per heavy atom. The van der Waals surface area contributed by atoms with Gasteiger partial charge in [0.1, 0.15) is 36.1 Å². The van der Waals surface area contributed by atoms with Crippen LogP contribution in [0, 0.1) is 0 Å². The third kappa shape index (κ3) is 9.54. The molecule has 4 rings (SSSR count). The fourth-order valence-corrected chi connectivity index (χ4v) is 8.61. The summed E-state index contributed by atoms with van der Waals surface area (Å²) in [5, 5.41) is -0.373. The van der Waals surface area contributed by atoms with Crippen LogP contribution in [0.5, 0.6) is 5.75 Å². The van der Waals surface area contributed by atoms with Gasteiger partial charge in [-0.1, -0.05) is 121 Å². The molecule has 4 aromatic carbocycles. The van der Waals surface area contributed by atoms with Crippen LogP contribution in [-0.4, -0.2) is 45.5 Å². The molecule has 260 valence electrons. The zero-order valence-electron chi connectivity index (χ0n) is 26.8. The Balaban J connectivity index is 1.42. The van der Waals surface area contributed by atoms with Crippen molar-refractivity contribution in [1.82, 2.24) is 0 Å². The Labute approximate surface area is 278 Å². The SMILES string of the molecule is CCCCCCCCCCCCCCCCCCOc1cc(S(=O)(=O)[O-])c2ccc3c(S(=O)(=O)[O-])cc(S(=O)(=O)[O-])c4ccc1c2c43. The first-order valence-corrected chi connectivity index (χ1v) is 20.8. The summed E-state index contributed by atoms with van der Waals surface area (Å²) >= 11 is 0. The summed E-state index contributed by atoms with van der Waals surface area (Å²) in [7, 11) is -15.6. The Hall–Kier alpha value is -2.55. The van der Waals surface area contributed by atoms with Gasteiger partial charge in [-0.25, -0.2) is 25.3 Å². The minimum Gasteiger partial charge on any atom is -0.744 e. The molecular weight excluding hydrogens is 665 g/mol. The highest BCUT2D eigenvalue weighted by Gasteiger charge is 2.23. The van der Waals surface area contributed by atoms with Gasteiger partial charge in [-0.3, -0.25) is 0 Å². The van der Waals surface area contributed by atoms with Crippen molar-refractivity contribution in [2.75, 3.05) is 6.61 Å². The second kappa shape index (κ2) is 16.2. The van der Waals surface area contributed by atoms with Crippen LogP contribution in [0.2, 0.25) is 0 Å². The van der Waals surface area contributed by atoms with E-state index in [0.717, 1.165) is 31.4 Å². The van der Waals surface area contributed by atoms with Gasteiger partial charge >= 0.3 is 0 Å². The number of ether oxygens (including phenoxy) is 1. The number of rotatable bonds is 21. The van der Waals surface area contributed by atoms with Gasteiger partial charge in [0.25, 0.3) is 0 Å². The Morgan fingerprint density at radius 3 is 1.17 bits per heavy atom. The predicted octanol–water partition coefficient (Wildman–Crippen LogP) is 7.94. The predicted molar refractivity (Wildman–Crippen MR) is 179 cm³/mol. The Kier molecular flexibility index (Phi) is 12.9. The highest BCUT2D eigenvalue weighted by Crippen LogP contribution is 2.45. The van der Waals surface area contributed by atoms with Gasteiger partial charge in [0.2, 0.25) is 0 Å². The van der Waals surface area contributed by atoms with E-state index in [-0.39, 0.29) is 44.7 Å². The van der Waals surface area contributed by atoms with Crippen molar-refractivity contribution in [3.05, 3.63) is 36.4 Å². The fraction of sp³-hybridized carbons (Fsp3) is 0.529. The number of hydrogen-bond donors (Lipinski definition) is 0. The van der Waals surface area contributed by atoms with Crippen molar-refractivity contribution in [2.45, 2.75) is 124 Å². The summed E-state index contributed by atoms with van der Waals surface area (Å²) in [6, 6.07) is 6.65. The molecule has 0 heterocycles. The molecule has 0 atom stereocenters. The van der Waals surface area contributed by atoms with Crippen LogP contribution >= 0.6 is 0 Å². The first-order valence-electron chi connectivity index (χ1n) is 16.5. The molecule has 0 aliphatic heterocycles. The minimum absolute atomic E-state index is 0.00861. The average molecular weight is 708 g/mol. The lowest BCUT2D eigenvalue weighted by Crippen LogP contribution is -2.08. The minimum atomic E-state index is -5.26. The van der Waals surface area contributed by atoms with E-state index in [4.69, 9.17) is 4.74 Å². The molecular formula is C34H43O10S3-3. The van der Waals surface area contributed by atoms with Crippen LogP contribution in [-0.2, 0) is 30.4 Å². The molecule has 10 nitrogen and oxygen atoms in total. The molecule has 0 aromatic heterocycles. The van der Waals surface area contributed by atoms with E-state index >= 15 is 0 Å². The molecule has 0 spiro atoms. The normalized spacial score (nSPS) is 12.9. The maximum atomic E-state index is 12.3. The fourth-order valence-electron chi connectivity index (χ4n) is 6.44. The molecule has 0 N–H and O–H groups in total. The third-order valence-electron chi connectivity index (χ3n) is 8.81. The summed E-state index contributed by atoms with van der Waals surface area (Å²) in [4.78, 5) is -2.54. The molecule has 47 heavy (non-hydrogen) atoms.